The second-order valence-electron chi connectivity index (χ2n) is 4.21. The van der Waals surface area contributed by atoms with Crippen molar-refractivity contribution in [3.63, 3.8) is 0 Å². The molecule has 2 unspecified atom stereocenters. The zero-order valence-corrected chi connectivity index (χ0v) is 8.68. The smallest absolute Gasteiger partial charge is 0.309 e. The van der Waals surface area contributed by atoms with Crippen LogP contribution >= 0.6 is 0 Å². The highest BCUT2D eigenvalue weighted by molar-refractivity contribution is 5.76. The number of unbranched alkanes of at least 4 members (excludes halogenated alkanes) is 1. The van der Waals surface area contributed by atoms with Gasteiger partial charge < -0.3 is 5.11 Å². The topological polar surface area (TPSA) is 37.3 Å². The Morgan fingerprint density at radius 3 is 2.54 bits per heavy atom. The quantitative estimate of drug-likeness (QED) is 0.713. The van der Waals surface area contributed by atoms with Crippen molar-refractivity contribution in [2.24, 2.45) is 11.3 Å². The van der Waals surface area contributed by atoms with E-state index in [0.29, 0.717) is 5.92 Å². The van der Waals surface area contributed by atoms with Gasteiger partial charge in [0.1, 0.15) is 0 Å². The van der Waals surface area contributed by atoms with Crippen molar-refractivity contribution in [2.45, 2.75) is 52.4 Å². The zero-order valence-electron chi connectivity index (χ0n) is 8.68. The molecule has 1 aliphatic carbocycles. The number of carbonyl (C=O) groups is 1. The first-order valence-electron chi connectivity index (χ1n) is 5.40. The molecule has 2 nitrogen and oxygen atoms in total. The summed E-state index contributed by atoms with van der Waals surface area (Å²) in [5, 5.41) is 9.21. The molecule has 0 aromatic rings. The maximum atomic E-state index is 11.2. The molecular weight excluding hydrogens is 164 g/mol. The Kier molecular flexibility index (Phi) is 3.34. The minimum atomic E-state index is -0.556. The molecule has 1 aliphatic rings. The van der Waals surface area contributed by atoms with Gasteiger partial charge in [0.25, 0.3) is 0 Å². The van der Waals surface area contributed by atoms with Gasteiger partial charge in [0.2, 0.25) is 0 Å². The third-order valence-electron chi connectivity index (χ3n) is 3.62. The van der Waals surface area contributed by atoms with Crippen molar-refractivity contribution in [3.8, 4) is 0 Å². The third-order valence-corrected chi connectivity index (χ3v) is 3.62. The van der Waals surface area contributed by atoms with E-state index in [4.69, 9.17) is 0 Å². The van der Waals surface area contributed by atoms with E-state index in [0.717, 1.165) is 38.5 Å². The zero-order chi connectivity index (χ0) is 9.90. The highest BCUT2D eigenvalue weighted by atomic mass is 16.4. The Morgan fingerprint density at radius 1 is 1.54 bits per heavy atom. The van der Waals surface area contributed by atoms with Gasteiger partial charge in [0, 0.05) is 0 Å². The van der Waals surface area contributed by atoms with Crippen LogP contribution in [0.25, 0.3) is 0 Å². The molecule has 0 amide bonds. The maximum Gasteiger partial charge on any atom is 0.309 e. The summed E-state index contributed by atoms with van der Waals surface area (Å²) in [6.45, 7) is 4.22. The van der Waals surface area contributed by atoms with Crippen molar-refractivity contribution in [3.05, 3.63) is 0 Å². The van der Waals surface area contributed by atoms with Gasteiger partial charge in [0.05, 0.1) is 5.41 Å². The van der Waals surface area contributed by atoms with E-state index in [9.17, 15) is 9.90 Å². The molecule has 0 heterocycles. The highest BCUT2D eigenvalue weighted by Gasteiger charge is 2.50. The largest absolute Gasteiger partial charge is 0.481 e. The monoisotopic (exact) mass is 184 g/mol. The minimum absolute atomic E-state index is 0.342. The van der Waals surface area contributed by atoms with E-state index in [-0.39, 0.29) is 5.41 Å². The SMILES string of the molecule is CCCCC1(C(=O)O)CCC1CC. The van der Waals surface area contributed by atoms with E-state index >= 15 is 0 Å². The Labute approximate surface area is 80.3 Å². The molecule has 1 saturated carbocycles. The fourth-order valence-corrected chi connectivity index (χ4v) is 2.50. The van der Waals surface area contributed by atoms with Crippen molar-refractivity contribution in [1.82, 2.24) is 0 Å². The molecule has 76 valence electrons. The van der Waals surface area contributed by atoms with Crippen LogP contribution in [0, 0.1) is 11.3 Å². The summed E-state index contributed by atoms with van der Waals surface area (Å²) in [5.74, 6) is -0.115. The standard InChI is InChI=1S/C11H20O2/c1-3-5-7-11(10(12)13)8-6-9(11)4-2/h9H,3-8H2,1-2H3,(H,12,13). The molecule has 1 rings (SSSR count). The van der Waals surface area contributed by atoms with Gasteiger partial charge in [-0.15, -0.1) is 0 Å². The molecule has 1 fully saturated rings. The first-order valence-corrected chi connectivity index (χ1v) is 5.40. The molecule has 0 bridgehead atoms. The molecule has 0 saturated heterocycles. The molecule has 0 spiro atoms. The lowest BCUT2D eigenvalue weighted by Gasteiger charge is -2.46. The van der Waals surface area contributed by atoms with Gasteiger partial charge in [-0.3, -0.25) is 4.79 Å². The van der Waals surface area contributed by atoms with Gasteiger partial charge in [-0.1, -0.05) is 33.1 Å². The average Bonchev–Trinajstić information content (AvgIpc) is 2.04. The lowest BCUT2D eigenvalue weighted by Crippen LogP contribution is -2.46. The lowest BCUT2D eigenvalue weighted by atomic mass is 9.57. The van der Waals surface area contributed by atoms with Crippen LogP contribution in [-0.4, -0.2) is 11.1 Å². The van der Waals surface area contributed by atoms with Crippen LogP contribution in [0.3, 0.4) is 0 Å². The van der Waals surface area contributed by atoms with E-state index in [1.54, 1.807) is 0 Å². The highest BCUT2D eigenvalue weighted by Crippen LogP contribution is 2.52. The van der Waals surface area contributed by atoms with Gasteiger partial charge in [-0.05, 0) is 25.2 Å². The first-order chi connectivity index (χ1) is 6.17. The molecular formula is C11H20O2. The predicted molar refractivity (Wildman–Crippen MR) is 52.6 cm³/mol. The van der Waals surface area contributed by atoms with Gasteiger partial charge in [0.15, 0.2) is 0 Å². The van der Waals surface area contributed by atoms with E-state index < -0.39 is 5.97 Å². The fourth-order valence-electron chi connectivity index (χ4n) is 2.50. The summed E-state index contributed by atoms with van der Waals surface area (Å²) >= 11 is 0. The minimum Gasteiger partial charge on any atom is -0.481 e. The maximum absolute atomic E-state index is 11.2. The van der Waals surface area contributed by atoms with Crippen LogP contribution in [0.2, 0.25) is 0 Å². The van der Waals surface area contributed by atoms with Crippen LogP contribution in [-0.2, 0) is 4.79 Å². The molecule has 1 N–H and O–H groups in total. The van der Waals surface area contributed by atoms with E-state index in [2.05, 4.69) is 13.8 Å². The van der Waals surface area contributed by atoms with Crippen LogP contribution in [0.4, 0.5) is 0 Å². The molecule has 0 aromatic carbocycles. The number of carboxylic acid groups (broad SMARTS) is 1. The van der Waals surface area contributed by atoms with Crippen LogP contribution in [0.15, 0.2) is 0 Å². The average molecular weight is 184 g/mol. The number of hydrogen-bond donors (Lipinski definition) is 1. The number of aliphatic carboxylic acids is 1. The Hall–Kier alpha value is -0.530. The second-order valence-corrected chi connectivity index (χ2v) is 4.21. The van der Waals surface area contributed by atoms with Crippen molar-refractivity contribution < 1.29 is 9.90 Å². The summed E-state index contributed by atoms with van der Waals surface area (Å²) in [7, 11) is 0. The van der Waals surface area contributed by atoms with Gasteiger partial charge in [-0.25, -0.2) is 0 Å². The molecule has 0 aromatic heterocycles. The van der Waals surface area contributed by atoms with Crippen molar-refractivity contribution in [2.75, 3.05) is 0 Å². The normalized spacial score (nSPS) is 32.6. The summed E-state index contributed by atoms with van der Waals surface area (Å²) in [5.41, 5.74) is -0.342. The number of hydrogen-bond acceptors (Lipinski definition) is 1. The molecule has 2 atom stereocenters. The van der Waals surface area contributed by atoms with E-state index in [1.165, 1.54) is 0 Å². The van der Waals surface area contributed by atoms with Crippen LogP contribution in [0.1, 0.15) is 52.4 Å². The fraction of sp³-hybridized carbons (Fsp3) is 0.909. The van der Waals surface area contributed by atoms with Crippen molar-refractivity contribution in [1.29, 1.82) is 0 Å². The second kappa shape index (κ2) is 4.12. The predicted octanol–water partition coefficient (Wildman–Crippen LogP) is 3.07. The Bertz CT molecular complexity index is 187. The van der Waals surface area contributed by atoms with Gasteiger partial charge in [-0.2, -0.15) is 0 Å². The lowest BCUT2D eigenvalue weighted by molar-refractivity contribution is -0.162. The van der Waals surface area contributed by atoms with E-state index in [1.807, 2.05) is 0 Å². The molecule has 0 radical (unpaired) electrons. The van der Waals surface area contributed by atoms with Crippen molar-refractivity contribution >= 4 is 5.97 Å². The Balaban J connectivity index is 2.59. The number of rotatable bonds is 5. The molecule has 2 heteroatoms. The molecule has 0 aliphatic heterocycles. The Morgan fingerprint density at radius 2 is 2.23 bits per heavy atom. The van der Waals surface area contributed by atoms with Gasteiger partial charge >= 0.3 is 5.97 Å². The first kappa shape index (κ1) is 10.6. The third kappa shape index (κ3) is 1.72. The molecule has 13 heavy (non-hydrogen) atoms. The van der Waals surface area contributed by atoms with Crippen LogP contribution < -0.4 is 0 Å². The number of carboxylic acids is 1. The summed E-state index contributed by atoms with van der Waals surface area (Å²) in [6.07, 6.45) is 6.09. The summed E-state index contributed by atoms with van der Waals surface area (Å²) in [4.78, 5) is 11.2. The summed E-state index contributed by atoms with van der Waals surface area (Å²) in [6, 6.07) is 0. The summed E-state index contributed by atoms with van der Waals surface area (Å²) < 4.78 is 0. The van der Waals surface area contributed by atoms with Crippen LogP contribution in [0.5, 0.6) is 0 Å².